The lowest BCUT2D eigenvalue weighted by atomic mass is 10.0. The summed E-state index contributed by atoms with van der Waals surface area (Å²) in [6.07, 6.45) is 15.4. The van der Waals surface area contributed by atoms with Crippen LogP contribution in [0.15, 0.2) is 0 Å². The third kappa shape index (κ3) is 14.1. The molecule has 0 aromatic carbocycles. The van der Waals surface area contributed by atoms with Crippen molar-refractivity contribution in [3.63, 3.8) is 0 Å². The summed E-state index contributed by atoms with van der Waals surface area (Å²) in [4.78, 5) is 0. The number of ether oxygens (including phenoxy) is 1. The van der Waals surface area contributed by atoms with E-state index in [1.54, 1.807) is 7.11 Å². The topological polar surface area (TPSA) is 21.3 Å². The Kier molecular flexibility index (Phi) is 15.9. The Morgan fingerprint density at radius 2 is 1.32 bits per heavy atom. The third-order valence-electron chi connectivity index (χ3n) is 3.77. The van der Waals surface area contributed by atoms with Crippen molar-refractivity contribution in [1.82, 2.24) is 5.32 Å². The van der Waals surface area contributed by atoms with Crippen LogP contribution in [0, 0.1) is 0 Å². The van der Waals surface area contributed by atoms with Crippen LogP contribution in [0.4, 0.5) is 0 Å². The van der Waals surface area contributed by atoms with Gasteiger partial charge in [-0.05, 0) is 13.0 Å². The summed E-state index contributed by atoms with van der Waals surface area (Å²) in [5, 5.41) is 3.49. The van der Waals surface area contributed by atoms with Crippen LogP contribution in [-0.4, -0.2) is 26.3 Å². The van der Waals surface area contributed by atoms with Crippen LogP contribution >= 0.6 is 0 Å². The molecule has 116 valence electrons. The van der Waals surface area contributed by atoms with Crippen molar-refractivity contribution < 1.29 is 4.74 Å². The number of hydrogen-bond donors (Lipinski definition) is 1. The monoisotopic (exact) mass is 271 g/mol. The molecule has 2 nitrogen and oxygen atoms in total. The van der Waals surface area contributed by atoms with E-state index in [0.717, 1.165) is 13.2 Å². The second kappa shape index (κ2) is 16.0. The van der Waals surface area contributed by atoms with E-state index in [1.165, 1.54) is 70.6 Å². The Labute approximate surface area is 121 Å². The Bertz CT molecular complexity index is 155. The predicted octanol–water partition coefficient (Wildman–Crippen LogP) is 4.92. The molecule has 1 atom stereocenters. The van der Waals surface area contributed by atoms with Crippen LogP contribution in [0.5, 0.6) is 0 Å². The van der Waals surface area contributed by atoms with Crippen LogP contribution in [0.2, 0.25) is 0 Å². The van der Waals surface area contributed by atoms with Gasteiger partial charge in [-0.25, -0.2) is 0 Å². The lowest BCUT2D eigenvalue weighted by Gasteiger charge is -2.16. The zero-order chi connectivity index (χ0) is 14.2. The third-order valence-corrected chi connectivity index (χ3v) is 3.77. The molecule has 0 aromatic rings. The summed E-state index contributed by atoms with van der Waals surface area (Å²) in [5.41, 5.74) is 0. The van der Waals surface area contributed by atoms with Gasteiger partial charge in [0.05, 0.1) is 6.61 Å². The molecule has 0 rings (SSSR count). The molecule has 0 amide bonds. The van der Waals surface area contributed by atoms with Gasteiger partial charge in [-0.1, -0.05) is 78.1 Å². The first-order valence-electron chi connectivity index (χ1n) is 8.57. The van der Waals surface area contributed by atoms with Gasteiger partial charge in [-0.3, -0.25) is 0 Å². The van der Waals surface area contributed by atoms with Crippen LogP contribution < -0.4 is 5.32 Å². The second-order valence-electron chi connectivity index (χ2n) is 5.68. The number of methoxy groups -OCH3 is 1. The van der Waals surface area contributed by atoms with Crippen molar-refractivity contribution in [3.05, 3.63) is 0 Å². The number of rotatable bonds is 15. The zero-order valence-corrected chi connectivity index (χ0v) is 13.7. The van der Waals surface area contributed by atoms with Crippen molar-refractivity contribution in [3.8, 4) is 0 Å². The highest BCUT2D eigenvalue weighted by Gasteiger charge is 2.05. The molecule has 0 aliphatic carbocycles. The quantitative estimate of drug-likeness (QED) is 0.427. The number of hydrogen-bond acceptors (Lipinski definition) is 2. The maximum absolute atomic E-state index is 5.24. The van der Waals surface area contributed by atoms with Crippen LogP contribution in [0.1, 0.15) is 84.5 Å². The Balaban J connectivity index is 3.20. The van der Waals surface area contributed by atoms with Gasteiger partial charge in [-0.2, -0.15) is 0 Å². The molecule has 0 aliphatic rings. The zero-order valence-electron chi connectivity index (χ0n) is 13.7. The van der Waals surface area contributed by atoms with Gasteiger partial charge in [0.15, 0.2) is 0 Å². The molecule has 2 heteroatoms. The summed E-state index contributed by atoms with van der Waals surface area (Å²) >= 11 is 0. The molecule has 1 N–H and O–H groups in total. The van der Waals surface area contributed by atoms with E-state index in [4.69, 9.17) is 4.74 Å². The van der Waals surface area contributed by atoms with E-state index in [-0.39, 0.29) is 0 Å². The molecule has 0 radical (unpaired) electrons. The average Bonchev–Trinajstić information content (AvgIpc) is 2.41. The molecular formula is C17H37NO. The number of nitrogens with one attached hydrogen (secondary N) is 1. The first kappa shape index (κ1) is 18.9. The van der Waals surface area contributed by atoms with Gasteiger partial charge < -0.3 is 10.1 Å². The molecule has 19 heavy (non-hydrogen) atoms. The smallest absolute Gasteiger partial charge is 0.0615 e. The van der Waals surface area contributed by atoms with E-state index in [1.807, 2.05) is 0 Å². The van der Waals surface area contributed by atoms with Crippen molar-refractivity contribution in [2.24, 2.45) is 0 Å². The fraction of sp³-hybridized carbons (Fsp3) is 1.00. The van der Waals surface area contributed by atoms with E-state index >= 15 is 0 Å². The summed E-state index contributed by atoms with van der Waals surface area (Å²) in [7, 11) is 1.79. The first-order valence-corrected chi connectivity index (χ1v) is 8.57. The minimum absolute atomic E-state index is 0.559. The Morgan fingerprint density at radius 3 is 1.79 bits per heavy atom. The van der Waals surface area contributed by atoms with Gasteiger partial charge in [0.1, 0.15) is 0 Å². The highest BCUT2D eigenvalue weighted by molar-refractivity contribution is 4.64. The number of likely N-dealkylation sites (N-methyl/N-ethyl adjacent to an activating group) is 1. The summed E-state index contributed by atoms with van der Waals surface area (Å²) in [6.45, 7) is 6.35. The summed E-state index contributed by atoms with van der Waals surface area (Å²) in [5.74, 6) is 0. The van der Waals surface area contributed by atoms with Gasteiger partial charge >= 0.3 is 0 Å². The van der Waals surface area contributed by atoms with Crippen molar-refractivity contribution in [2.75, 3.05) is 20.3 Å². The molecular weight excluding hydrogens is 234 g/mol. The molecule has 0 fully saturated rings. The van der Waals surface area contributed by atoms with E-state index in [9.17, 15) is 0 Å². The standard InChI is InChI=1S/C17H37NO/c1-4-6-7-8-9-10-11-12-13-14-15-17(16-19-3)18-5-2/h17-18H,4-16H2,1-3H3. The van der Waals surface area contributed by atoms with E-state index < -0.39 is 0 Å². The van der Waals surface area contributed by atoms with Gasteiger partial charge in [0.2, 0.25) is 0 Å². The van der Waals surface area contributed by atoms with Crippen molar-refractivity contribution >= 4 is 0 Å². The van der Waals surface area contributed by atoms with Gasteiger partial charge in [0.25, 0.3) is 0 Å². The largest absolute Gasteiger partial charge is 0.383 e. The second-order valence-corrected chi connectivity index (χ2v) is 5.68. The normalized spacial score (nSPS) is 12.8. The summed E-state index contributed by atoms with van der Waals surface area (Å²) in [6, 6.07) is 0.559. The lowest BCUT2D eigenvalue weighted by Crippen LogP contribution is -2.32. The lowest BCUT2D eigenvalue weighted by molar-refractivity contribution is 0.162. The fourth-order valence-electron chi connectivity index (χ4n) is 2.61. The average molecular weight is 271 g/mol. The molecule has 0 aromatic heterocycles. The molecule has 1 unspecified atom stereocenters. The first-order chi connectivity index (χ1) is 9.35. The van der Waals surface area contributed by atoms with Gasteiger partial charge in [-0.15, -0.1) is 0 Å². The minimum Gasteiger partial charge on any atom is -0.383 e. The summed E-state index contributed by atoms with van der Waals surface area (Å²) < 4.78 is 5.24. The SMILES string of the molecule is CCCCCCCCCCCCC(COC)NCC. The minimum atomic E-state index is 0.559. The van der Waals surface area contributed by atoms with Crippen LogP contribution in [0.3, 0.4) is 0 Å². The number of unbranched alkanes of at least 4 members (excludes halogenated alkanes) is 9. The maximum Gasteiger partial charge on any atom is 0.0615 e. The molecule has 0 heterocycles. The molecule has 0 bridgehead atoms. The van der Waals surface area contributed by atoms with Crippen LogP contribution in [-0.2, 0) is 4.74 Å². The van der Waals surface area contributed by atoms with Gasteiger partial charge in [0, 0.05) is 13.2 Å². The molecule has 0 spiro atoms. The molecule has 0 aliphatic heterocycles. The highest BCUT2D eigenvalue weighted by Crippen LogP contribution is 2.12. The van der Waals surface area contributed by atoms with E-state index in [0.29, 0.717) is 6.04 Å². The Morgan fingerprint density at radius 1 is 0.789 bits per heavy atom. The molecule has 0 saturated carbocycles. The maximum atomic E-state index is 5.24. The van der Waals surface area contributed by atoms with Crippen molar-refractivity contribution in [1.29, 1.82) is 0 Å². The molecule has 0 saturated heterocycles. The van der Waals surface area contributed by atoms with Crippen LogP contribution in [0.25, 0.3) is 0 Å². The Hall–Kier alpha value is -0.0800. The highest BCUT2D eigenvalue weighted by atomic mass is 16.5. The van der Waals surface area contributed by atoms with Crippen molar-refractivity contribution in [2.45, 2.75) is 90.5 Å². The fourth-order valence-corrected chi connectivity index (χ4v) is 2.61. The predicted molar refractivity (Wildman–Crippen MR) is 85.8 cm³/mol. The van der Waals surface area contributed by atoms with E-state index in [2.05, 4.69) is 19.2 Å².